The van der Waals surface area contributed by atoms with Gasteiger partial charge in [0.15, 0.2) is 9.84 Å². The second-order valence-corrected chi connectivity index (χ2v) is 6.92. The van der Waals surface area contributed by atoms with Crippen LogP contribution in [0.3, 0.4) is 0 Å². The highest BCUT2D eigenvalue weighted by Crippen LogP contribution is 2.32. The minimum Gasteiger partial charge on any atom is -0.364 e. The first-order chi connectivity index (χ1) is 8.80. The van der Waals surface area contributed by atoms with Gasteiger partial charge in [-0.1, -0.05) is 0 Å². The lowest BCUT2D eigenvalue weighted by molar-refractivity contribution is -0.385. The van der Waals surface area contributed by atoms with Crippen molar-refractivity contribution in [3.63, 3.8) is 0 Å². The molecule has 2 heterocycles. The van der Waals surface area contributed by atoms with E-state index in [2.05, 4.69) is 4.98 Å². The maximum atomic E-state index is 11.4. The van der Waals surface area contributed by atoms with E-state index in [0.717, 1.165) is 0 Å². The first-order valence-electron chi connectivity index (χ1n) is 5.88. The van der Waals surface area contributed by atoms with Gasteiger partial charge in [-0.3, -0.25) is 15.1 Å². The molecule has 1 aromatic heterocycles. The molecule has 0 saturated carbocycles. The molecule has 8 heteroatoms. The van der Waals surface area contributed by atoms with E-state index in [0.29, 0.717) is 17.1 Å². The average Bonchev–Trinajstić information content (AvgIpc) is 2.26. The van der Waals surface area contributed by atoms with Crippen LogP contribution in [0.4, 0.5) is 11.4 Å². The van der Waals surface area contributed by atoms with Crippen LogP contribution in [0.2, 0.25) is 0 Å². The quantitative estimate of drug-likeness (QED) is 0.590. The number of rotatable bonds is 2. The van der Waals surface area contributed by atoms with Crippen LogP contribution in [0, 0.1) is 24.0 Å². The summed E-state index contributed by atoms with van der Waals surface area (Å²) in [6.07, 6.45) is 0. The number of nitrogens with zero attached hydrogens (tertiary/aromatic N) is 3. The predicted octanol–water partition coefficient (Wildman–Crippen LogP) is 0.841. The summed E-state index contributed by atoms with van der Waals surface area (Å²) < 4.78 is 22.8. The van der Waals surface area contributed by atoms with Crippen molar-refractivity contribution in [3.05, 3.63) is 27.6 Å². The maximum absolute atomic E-state index is 11.4. The number of aryl methyl sites for hydroxylation is 2. The number of hydrogen-bond acceptors (Lipinski definition) is 6. The Bertz CT molecular complexity index is 613. The van der Waals surface area contributed by atoms with Crippen LogP contribution in [0.5, 0.6) is 0 Å². The summed E-state index contributed by atoms with van der Waals surface area (Å²) in [6.45, 7) is 3.92. The van der Waals surface area contributed by atoms with Crippen molar-refractivity contribution in [1.29, 1.82) is 0 Å². The third-order valence-corrected chi connectivity index (χ3v) is 4.75. The molecule has 1 aliphatic rings. The van der Waals surface area contributed by atoms with Crippen LogP contribution in [0.1, 0.15) is 11.4 Å². The molecule has 1 saturated heterocycles. The fraction of sp³-hybridized carbons (Fsp3) is 0.545. The number of hydrogen-bond donors (Lipinski definition) is 0. The van der Waals surface area contributed by atoms with Gasteiger partial charge in [-0.2, -0.15) is 0 Å². The number of aromatic nitrogens is 1. The smallest absolute Gasteiger partial charge is 0.313 e. The van der Waals surface area contributed by atoms with Gasteiger partial charge in [-0.05, 0) is 19.9 Å². The third-order valence-electron chi connectivity index (χ3n) is 3.14. The van der Waals surface area contributed by atoms with E-state index < -0.39 is 14.8 Å². The first-order valence-corrected chi connectivity index (χ1v) is 7.70. The van der Waals surface area contributed by atoms with Gasteiger partial charge >= 0.3 is 5.69 Å². The summed E-state index contributed by atoms with van der Waals surface area (Å²) in [4.78, 5) is 16.5. The molecule has 0 amide bonds. The minimum absolute atomic E-state index is 0.0323. The third kappa shape index (κ3) is 2.83. The number of anilines is 1. The summed E-state index contributed by atoms with van der Waals surface area (Å²) in [7, 11) is -3.00. The Kier molecular flexibility index (Phi) is 3.44. The van der Waals surface area contributed by atoms with Crippen molar-refractivity contribution in [1.82, 2.24) is 4.98 Å². The molecule has 1 aromatic rings. The van der Waals surface area contributed by atoms with Crippen LogP contribution in [-0.2, 0) is 9.84 Å². The van der Waals surface area contributed by atoms with Gasteiger partial charge in [-0.25, -0.2) is 8.42 Å². The standard InChI is InChI=1S/C11H15N3O4S/c1-8-7-10(11(14(15)16)9(2)12-8)13-3-5-19(17,18)6-4-13/h7H,3-6H2,1-2H3. The molecule has 0 radical (unpaired) electrons. The van der Waals surface area contributed by atoms with Crippen molar-refractivity contribution >= 4 is 21.2 Å². The molecule has 0 bridgehead atoms. The Hall–Kier alpha value is -1.70. The Labute approximate surface area is 111 Å². The Morgan fingerprint density at radius 2 is 1.89 bits per heavy atom. The van der Waals surface area contributed by atoms with E-state index in [1.165, 1.54) is 0 Å². The van der Waals surface area contributed by atoms with Crippen molar-refractivity contribution in [2.24, 2.45) is 0 Å². The molecule has 2 rings (SSSR count). The minimum atomic E-state index is -3.00. The van der Waals surface area contributed by atoms with Crippen LogP contribution >= 0.6 is 0 Å². The molecule has 0 unspecified atom stereocenters. The molecule has 0 atom stereocenters. The van der Waals surface area contributed by atoms with Crippen molar-refractivity contribution in [3.8, 4) is 0 Å². The summed E-state index contributed by atoms with van der Waals surface area (Å²) in [5.41, 5.74) is 1.47. The Morgan fingerprint density at radius 1 is 1.32 bits per heavy atom. The molecule has 104 valence electrons. The molecular formula is C11H15N3O4S. The second kappa shape index (κ2) is 4.76. The molecule has 0 spiro atoms. The molecular weight excluding hydrogens is 270 g/mol. The van der Waals surface area contributed by atoms with Gasteiger partial charge in [0.1, 0.15) is 11.4 Å². The van der Waals surface area contributed by atoms with Gasteiger partial charge in [0.25, 0.3) is 0 Å². The lowest BCUT2D eigenvalue weighted by Crippen LogP contribution is -2.40. The fourth-order valence-corrected chi connectivity index (χ4v) is 3.42. The number of pyridine rings is 1. The highest BCUT2D eigenvalue weighted by Gasteiger charge is 2.28. The van der Waals surface area contributed by atoms with Gasteiger partial charge < -0.3 is 4.90 Å². The fourth-order valence-electron chi connectivity index (χ4n) is 2.22. The average molecular weight is 285 g/mol. The SMILES string of the molecule is Cc1cc(N2CCS(=O)(=O)CC2)c([N+](=O)[O-])c(C)n1. The Balaban J connectivity index is 2.42. The predicted molar refractivity (Wildman–Crippen MR) is 71.2 cm³/mol. The number of sulfone groups is 1. The molecule has 0 N–H and O–H groups in total. The van der Waals surface area contributed by atoms with Crippen LogP contribution < -0.4 is 4.90 Å². The van der Waals surface area contributed by atoms with Gasteiger partial charge in [0.05, 0.1) is 16.4 Å². The molecule has 7 nitrogen and oxygen atoms in total. The molecule has 0 aliphatic carbocycles. The van der Waals surface area contributed by atoms with E-state index in [-0.39, 0.29) is 30.3 Å². The second-order valence-electron chi connectivity index (χ2n) is 4.61. The monoisotopic (exact) mass is 285 g/mol. The summed E-state index contributed by atoms with van der Waals surface area (Å²) in [6, 6.07) is 1.64. The first kappa shape index (κ1) is 13.7. The van der Waals surface area contributed by atoms with Crippen LogP contribution in [0.25, 0.3) is 0 Å². The Morgan fingerprint density at radius 3 is 2.42 bits per heavy atom. The summed E-state index contributed by atoms with van der Waals surface area (Å²) in [5.74, 6) is 0.0646. The summed E-state index contributed by atoms with van der Waals surface area (Å²) >= 11 is 0. The normalized spacial score (nSPS) is 18.3. The molecule has 1 fully saturated rings. The largest absolute Gasteiger partial charge is 0.364 e. The zero-order valence-corrected chi connectivity index (χ0v) is 11.6. The van der Waals surface area contributed by atoms with Crippen molar-refractivity contribution < 1.29 is 13.3 Å². The van der Waals surface area contributed by atoms with Crippen molar-refractivity contribution in [2.75, 3.05) is 29.5 Å². The van der Waals surface area contributed by atoms with E-state index in [4.69, 9.17) is 0 Å². The summed E-state index contributed by atoms with van der Waals surface area (Å²) in [5, 5.41) is 11.1. The number of nitro groups is 1. The van der Waals surface area contributed by atoms with Crippen LogP contribution in [-0.4, -0.2) is 42.9 Å². The van der Waals surface area contributed by atoms with Crippen LogP contribution in [0.15, 0.2) is 6.07 Å². The zero-order valence-electron chi connectivity index (χ0n) is 10.8. The van der Waals surface area contributed by atoms with E-state index >= 15 is 0 Å². The lowest BCUT2D eigenvalue weighted by atomic mass is 10.2. The van der Waals surface area contributed by atoms with Gasteiger partial charge in [0, 0.05) is 18.8 Å². The zero-order chi connectivity index (χ0) is 14.2. The molecule has 19 heavy (non-hydrogen) atoms. The maximum Gasteiger partial charge on any atom is 0.313 e. The van der Waals surface area contributed by atoms with Crippen molar-refractivity contribution in [2.45, 2.75) is 13.8 Å². The highest BCUT2D eigenvalue weighted by molar-refractivity contribution is 7.91. The molecule has 0 aromatic carbocycles. The van der Waals surface area contributed by atoms with Gasteiger partial charge in [0.2, 0.25) is 0 Å². The highest BCUT2D eigenvalue weighted by atomic mass is 32.2. The van der Waals surface area contributed by atoms with E-state index in [1.807, 2.05) is 0 Å². The van der Waals surface area contributed by atoms with E-state index in [1.54, 1.807) is 24.8 Å². The topological polar surface area (TPSA) is 93.4 Å². The lowest BCUT2D eigenvalue weighted by Gasteiger charge is -2.28. The van der Waals surface area contributed by atoms with Gasteiger partial charge in [-0.15, -0.1) is 0 Å². The molecule has 1 aliphatic heterocycles. The van der Waals surface area contributed by atoms with E-state index in [9.17, 15) is 18.5 Å².